The summed E-state index contributed by atoms with van der Waals surface area (Å²) in [6.07, 6.45) is 6.00. The van der Waals surface area contributed by atoms with Crippen molar-refractivity contribution in [1.29, 1.82) is 0 Å². The van der Waals surface area contributed by atoms with E-state index in [1.807, 2.05) is 20.3 Å². The second-order valence-corrected chi connectivity index (χ2v) is 11.9. The first kappa shape index (κ1) is 25.7. The molecule has 0 aliphatic carbocycles. The van der Waals surface area contributed by atoms with Gasteiger partial charge in [0.25, 0.3) is 0 Å². The molecule has 0 N–H and O–H groups in total. The van der Waals surface area contributed by atoms with Crippen LogP contribution in [0, 0.1) is 19.3 Å². The Morgan fingerprint density at radius 1 is 1.20 bits per heavy atom. The fourth-order valence-electron chi connectivity index (χ4n) is 1.42. The van der Waals surface area contributed by atoms with Crippen LogP contribution in [0.1, 0.15) is 67.7 Å². The molecule has 3 heteroatoms. The van der Waals surface area contributed by atoms with Crippen molar-refractivity contribution in [2.24, 2.45) is 5.92 Å². The summed E-state index contributed by atoms with van der Waals surface area (Å²) in [4.78, 5) is 0. The molecule has 0 unspecified atom stereocenters. The van der Waals surface area contributed by atoms with E-state index in [1.165, 1.54) is 12.8 Å². The van der Waals surface area contributed by atoms with Gasteiger partial charge in [-0.15, -0.1) is 5.92 Å². The van der Waals surface area contributed by atoms with Crippen molar-refractivity contribution in [1.82, 2.24) is 0 Å². The van der Waals surface area contributed by atoms with Gasteiger partial charge >= 0.3 is 19.5 Å². The van der Waals surface area contributed by atoms with Gasteiger partial charge in [0, 0.05) is 6.10 Å². The molecule has 0 saturated heterocycles. The first-order valence-corrected chi connectivity index (χ1v) is 10.7. The molecule has 0 aliphatic heterocycles. The quantitative estimate of drug-likeness (QED) is 0.405. The van der Waals surface area contributed by atoms with Crippen molar-refractivity contribution in [3.05, 3.63) is 13.3 Å². The van der Waals surface area contributed by atoms with Crippen molar-refractivity contribution in [3.8, 4) is 0 Å². The Labute approximate surface area is 143 Å². The second-order valence-electron chi connectivity index (χ2n) is 7.11. The fourth-order valence-corrected chi connectivity index (χ4v) is 2.88. The number of hydrogen-bond acceptors (Lipinski definition) is 1. The van der Waals surface area contributed by atoms with E-state index in [1.54, 1.807) is 0 Å². The average molecular weight is 352 g/mol. The SMILES string of the molecule is C[CH-]C.[CH2-][C@@H](C)[C@@H](CCCC)O[Si](C)(C)C(C)(C)C.[Zn+2]. The van der Waals surface area contributed by atoms with Crippen molar-refractivity contribution in [2.45, 2.75) is 92.0 Å². The third-order valence-electron chi connectivity index (χ3n) is 3.73. The average Bonchev–Trinajstić information content (AvgIpc) is 2.23. The van der Waals surface area contributed by atoms with E-state index in [0.29, 0.717) is 17.1 Å². The van der Waals surface area contributed by atoms with E-state index in [0.717, 1.165) is 6.42 Å². The summed E-state index contributed by atoms with van der Waals surface area (Å²) in [7, 11) is -1.62. The van der Waals surface area contributed by atoms with Crippen molar-refractivity contribution in [3.63, 3.8) is 0 Å². The van der Waals surface area contributed by atoms with Gasteiger partial charge in [-0.3, -0.25) is 0 Å². The Bertz CT molecular complexity index is 210. The molecule has 0 heterocycles. The molecule has 2 atom stereocenters. The van der Waals surface area contributed by atoms with Crippen LogP contribution in [-0.2, 0) is 23.9 Å². The van der Waals surface area contributed by atoms with E-state index in [9.17, 15) is 0 Å². The molecule has 20 heavy (non-hydrogen) atoms. The Hall–Kier alpha value is 0.800. The summed E-state index contributed by atoms with van der Waals surface area (Å²) in [6.45, 7) is 24.1. The first-order valence-electron chi connectivity index (χ1n) is 7.78. The molecule has 118 valence electrons. The van der Waals surface area contributed by atoms with Crippen LogP contribution in [0.4, 0.5) is 0 Å². The van der Waals surface area contributed by atoms with Crippen molar-refractivity contribution < 1.29 is 23.9 Å². The third kappa shape index (κ3) is 11.5. The molecule has 0 fully saturated rings. The molecule has 0 bridgehead atoms. The zero-order valence-corrected chi connectivity index (χ0v) is 19.6. The molecule has 0 aromatic carbocycles. The molecule has 0 radical (unpaired) electrons. The molecule has 0 aromatic heterocycles. The van der Waals surface area contributed by atoms with Crippen LogP contribution in [0.3, 0.4) is 0 Å². The Kier molecular flexibility index (Phi) is 15.9. The smallest absolute Gasteiger partial charge is 0.416 e. The number of rotatable bonds is 6. The van der Waals surface area contributed by atoms with Gasteiger partial charge < -0.3 is 17.8 Å². The van der Waals surface area contributed by atoms with Gasteiger partial charge in [0.05, 0.1) is 0 Å². The van der Waals surface area contributed by atoms with Crippen LogP contribution in [0.5, 0.6) is 0 Å². The molecule has 0 rings (SSSR count). The predicted octanol–water partition coefficient (Wildman–Crippen LogP) is 6.27. The van der Waals surface area contributed by atoms with E-state index in [-0.39, 0.29) is 19.5 Å². The van der Waals surface area contributed by atoms with Crippen LogP contribution in [0.15, 0.2) is 0 Å². The molecular formula is C17H38OSiZn. The number of hydrogen-bond donors (Lipinski definition) is 0. The summed E-state index contributed by atoms with van der Waals surface area (Å²) < 4.78 is 6.44. The summed E-state index contributed by atoms with van der Waals surface area (Å²) in [6, 6.07) is 0. The molecular weight excluding hydrogens is 314 g/mol. The van der Waals surface area contributed by atoms with Crippen LogP contribution >= 0.6 is 0 Å². The fraction of sp³-hybridized carbons (Fsp3) is 0.882. The number of unbranched alkanes of at least 4 members (excludes halogenated alkanes) is 1. The second kappa shape index (κ2) is 12.4. The van der Waals surface area contributed by atoms with E-state index < -0.39 is 8.32 Å². The third-order valence-corrected chi connectivity index (χ3v) is 8.23. The van der Waals surface area contributed by atoms with Crippen LogP contribution in [0.25, 0.3) is 0 Å². The Morgan fingerprint density at radius 3 is 1.85 bits per heavy atom. The Balaban J connectivity index is -0.000000657. The minimum Gasteiger partial charge on any atom is -0.416 e. The standard InChI is InChI=1S/C14H31OSi.C3H7.Zn/c1-9-10-11-13(12(2)3)15-16(7,8)14(4,5)6;1-3-2;/h12-13H,2,9-11H2,1,3-8H3;3H,1-2H3;/q2*-1;+2/t12-,13+;;/m0../s1. The van der Waals surface area contributed by atoms with E-state index in [2.05, 4.69) is 54.6 Å². The van der Waals surface area contributed by atoms with Gasteiger partial charge in [0.1, 0.15) is 0 Å². The summed E-state index contributed by atoms with van der Waals surface area (Å²) in [5.74, 6) is 0.390. The van der Waals surface area contributed by atoms with Crippen LogP contribution in [-0.4, -0.2) is 14.4 Å². The summed E-state index contributed by atoms with van der Waals surface area (Å²) in [5, 5.41) is 0.298. The van der Waals surface area contributed by atoms with Gasteiger partial charge in [-0.1, -0.05) is 47.5 Å². The summed E-state index contributed by atoms with van der Waals surface area (Å²) >= 11 is 0. The molecule has 0 spiro atoms. The molecule has 0 saturated carbocycles. The maximum Gasteiger partial charge on any atom is 2.00 e. The van der Waals surface area contributed by atoms with Crippen LogP contribution in [0.2, 0.25) is 18.1 Å². The maximum atomic E-state index is 6.44. The van der Waals surface area contributed by atoms with E-state index in [4.69, 9.17) is 4.43 Å². The van der Waals surface area contributed by atoms with E-state index >= 15 is 0 Å². The topological polar surface area (TPSA) is 9.23 Å². The first-order chi connectivity index (χ1) is 8.53. The van der Waals surface area contributed by atoms with Gasteiger partial charge in [0.2, 0.25) is 0 Å². The van der Waals surface area contributed by atoms with Gasteiger partial charge in [-0.25, -0.2) is 0 Å². The maximum absolute atomic E-state index is 6.44. The molecule has 1 nitrogen and oxygen atoms in total. The predicted molar refractivity (Wildman–Crippen MR) is 91.8 cm³/mol. The van der Waals surface area contributed by atoms with Crippen LogP contribution < -0.4 is 0 Å². The van der Waals surface area contributed by atoms with Crippen molar-refractivity contribution >= 4 is 8.32 Å². The van der Waals surface area contributed by atoms with Crippen molar-refractivity contribution in [2.75, 3.05) is 0 Å². The molecule has 0 amide bonds. The monoisotopic (exact) mass is 350 g/mol. The minimum atomic E-state index is -1.62. The van der Waals surface area contributed by atoms with Gasteiger partial charge in [-0.2, -0.15) is 13.8 Å². The normalized spacial score (nSPS) is 14.7. The summed E-state index contributed by atoms with van der Waals surface area (Å²) in [5.41, 5.74) is 0. The largest absolute Gasteiger partial charge is 2.00 e. The molecule has 0 aliphatic rings. The van der Waals surface area contributed by atoms with Gasteiger partial charge in [0.15, 0.2) is 8.32 Å². The zero-order chi connectivity index (χ0) is 15.7. The Morgan fingerprint density at radius 2 is 1.60 bits per heavy atom. The molecule has 0 aromatic rings. The minimum absolute atomic E-state index is 0. The zero-order valence-electron chi connectivity index (χ0n) is 15.7. The van der Waals surface area contributed by atoms with Gasteiger partial charge in [-0.05, 0) is 24.6 Å².